The monoisotopic (exact) mass is 276 g/mol. The van der Waals surface area contributed by atoms with Crippen molar-refractivity contribution in [1.82, 2.24) is 0 Å². The molecular weight excluding hydrogens is 240 g/mol. The van der Waals surface area contributed by atoms with Crippen LogP contribution in [0, 0.1) is 35.0 Å². The number of rotatable bonds is 2. The standard InChI is InChI=1S/C20H36/c1-15(16-9-5-4-6-10-16)19-18-12-8-7-11-17(18)13-14-20(19,2)3/h15-19H,4-14H2,1-3H3. The fourth-order valence-corrected chi connectivity index (χ4v) is 6.43. The molecule has 4 unspecified atom stereocenters. The van der Waals surface area contributed by atoms with E-state index < -0.39 is 0 Å². The number of hydrogen-bond acceptors (Lipinski definition) is 0. The van der Waals surface area contributed by atoms with Crippen LogP contribution in [0.15, 0.2) is 0 Å². The summed E-state index contributed by atoms with van der Waals surface area (Å²) >= 11 is 0. The molecule has 3 fully saturated rings. The summed E-state index contributed by atoms with van der Waals surface area (Å²) in [6, 6.07) is 0. The minimum Gasteiger partial charge on any atom is -0.0619 e. The van der Waals surface area contributed by atoms with Gasteiger partial charge in [-0.1, -0.05) is 72.1 Å². The smallest absolute Gasteiger partial charge is 0.0303 e. The fraction of sp³-hybridized carbons (Fsp3) is 1.00. The summed E-state index contributed by atoms with van der Waals surface area (Å²) in [6.07, 6.45) is 16.8. The minimum absolute atomic E-state index is 0.607. The predicted molar refractivity (Wildman–Crippen MR) is 87.7 cm³/mol. The maximum absolute atomic E-state index is 2.64. The Kier molecular flexibility index (Phi) is 4.48. The first-order valence-corrected chi connectivity index (χ1v) is 9.59. The van der Waals surface area contributed by atoms with E-state index in [4.69, 9.17) is 0 Å². The fourth-order valence-electron chi connectivity index (χ4n) is 6.43. The second-order valence-corrected chi connectivity index (χ2v) is 9.02. The Morgan fingerprint density at radius 2 is 1.45 bits per heavy atom. The Morgan fingerprint density at radius 3 is 2.20 bits per heavy atom. The van der Waals surface area contributed by atoms with Gasteiger partial charge in [0.25, 0.3) is 0 Å². The third-order valence-corrected chi connectivity index (χ3v) is 7.45. The van der Waals surface area contributed by atoms with Crippen molar-refractivity contribution in [3.05, 3.63) is 0 Å². The molecule has 0 spiro atoms. The number of fused-ring (bicyclic) bond motifs is 1. The van der Waals surface area contributed by atoms with E-state index in [1.165, 1.54) is 57.8 Å². The third-order valence-electron chi connectivity index (χ3n) is 7.45. The van der Waals surface area contributed by atoms with E-state index in [1.807, 2.05) is 0 Å². The summed E-state index contributed by atoms with van der Waals surface area (Å²) in [5.41, 5.74) is 0.607. The maximum atomic E-state index is 2.64. The van der Waals surface area contributed by atoms with Crippen molar-refractivity contribution in [2.75, 3.05) is 0 Å². The third kappa shape index (κ3) is 2.81. The Morgan fingerprint density at radius 1 is 0.800 bits per heavy atom. The van der Waals surface area contributed by atoms with Gasteiger partial charge in [0.15, 0.2) is 0 Å². The van der Waals surface area contributed by atoms with Gasteiger partial charge in [0.1, 0.15) is 0 Å². The molecule has 116 valence electrons. The van der Waals surface area contributed by atoms with Crippen molar-refractivity contribution in [2.24, 2.45) is 35.0 Å². The average molecular weight is 277 g/mol. The first-order valence-electron chi connectivity index (χ1n) is 9.59. The highest BCUT2D eigenvalue weighted by Gasteiger charge is 2.47. The average Bonchev–Trinajstić information content (AvgIpc) is 2.47. The van der Waals surface area contributed by atoms with Crippen LogP contribution in [0.3, 0.4) is 0 Å². The van der Waals surface area contributed by atoms with Gasteiger partial charge < -0.3 is 0 Å². The van der Waals surface area contributed by atoms with E-state index >= 15 is 0 Å². The second kappa shape index (κ2) is 6.01. The summed E-state index contributed by atoms with van der Waals surface area (Å²) in [4.78, 5) is 0. The van der Waals surface area contributed by atoms with E-state index in [0.29, 0.717) is 5.41 Å². The highest BCUT2D eigenvalue weighted by Crippen LogP contribution is 2.56. The largest absolute Gasteiger partial charge is 0.0619 e. The van der Waals surface area contributed by atoms with Crippen LogP contribution in [-0.2, 0) is 0 Å². The molecule has 0 amide bonds. The van der Waals surface area contributed by atoms with Crippen LogP contribution in [0.2, 0.25) is 0 Å². The van der Waals surface area contributed by atoms with Crippen LogP contribution in [0.25, 0.3) is 0 Å². The number of hydrogen-bond donors (Lipinski definition) is 0. The van der Waals surface area contributed by atoms with Gasteiger partial charge in [0.05, 0.1) is 0 Å². The second-order valence-electron chi connectivity index (χ2n) is 9.02. The molecule has 0 aromatic rings. The highest BCUT2D eigenvalue weighted by molar-refractivity contribution is 4.97. The lowest BCUT2D eigenvalue weighted by atomic mass is 9.51. The molecule has 0 bridgehead atoms. The van der Waals surface area contributed by atoms with Gasteiger partial charge >= 0.3 is 0 Å². The van der Waals surface area contributed by atoms with Gasteiger partial charge in [-0.2, -0.15) is 0 Å². The first kappa shape index (κ1) is 14.9. The lowest BCUT2D eigenvalue weighted by molar-refractivity contribution is -0.0468. The first-order chi connectivity index (χ1) is 9.59. The molecule has 20 heavy (non-hydrogen) atoms. The molecule has 0 aromatic heterocycles. The topological polar surface area (TPSA) is 0 Å². The summed E-state index contributed by atoms with van der Waals surface area (Å²) in [5.74, 6) is 5.21. The van der Waals surface area contributed by atoms with E-state index in [2.05, 4.69) is 20.8 Å². The van der Waals surface area contributed by atoms with Gasteiger partial charge in [-0.3, -0.25) is 0 Å². The Hall–Kier alpha value is 0. The predicted octanol–water partition coefficient (Wildman–Crippen LogP) is 6.45. The van der Waals surface area contributed by atoms with Crippen LogP contribution < -0.4 is 0 Å². The zero-order chi connectivity index (χ0) is 14.2. The molecule has 0 N–H and O–H groups in total. The van der Waals surface area contributed by atoms with Crippen LogP contribution in [0.1, 0.15) is 91.4 Å². The normalized spacial score (nSPS) is 40.0. The highest BCUT2D eigenvalue weighted by atomic mass is 14.5. The molecule has 0 nitrogen and oxygen atoms in total. The maximum Gasteiger partial charge on any atom is -0.0303 e. The van der Waals surface area contributed by atoms with Gasteiger partial charge in [-0.25, -0.2) is 0 Å². The molecule has 0 heteroatoms. The van der Waals surface area contributed by atoms with Crippen LogP contribution in [0.4, 0.5) is 0 Å². The molecule has 0 saturated heterocycles. The molecular formula is C20H36. The van der Waals surface area contributed by atoms with Crippen LogP contribution in [-0.4, -0.2) is 0 Å². The van der Waals surface area contributed by atoms with Crippen molar-refractivity contribution >= 4 is 0 Å². The van der Waals surface area contributed by atoms with Crippen molar-refractivity contribution in [1.29, 1.82) is 0 Å². The lowest BCUT2D eigenvalue weighted by Crippen LogP contribution is -2.46. The Balaban J connectivity index is 1.78. The zero-order valence-electron chi connectivity index (χ0n) is 14.2. The lowest BCUT2D eigenvalue weighted by Gasteiger charge is -2.54. The van der Waals surface area contributed by atoms with Crippen LogP contribution >= 0.6 is 0 Å². The SMILES string of the molecule is CC(C1CCCCC1)C1C2CCCCC2CCC1(C)C. The van der Waals surface area contributed by atoms with E-state index in [-0.39, 0.29) is 0 Å². The molecule has 4 atom stereocenters. The zero-order valence-corrected chi connectivity index (χ0v) is 14.2. The molecule has 3 aliphatic rings. The van der Waals surface area contributed by atoms with Crippen molar-refractivity contribution in [3.63, 3.8) is 0 Å². The molecule has 0 aliphatic heterocycles. The molecule has 3 aliphatic carbocycles. The summed E-state index contributed by atoms with van der Waals surface area (Å²) < 4.78 is 0. The van der Waals surface area contributed by atoms with Gasteiger partial charge in [0.2, 0.25) is 0 Å². The minimum atomic E-state index is 0.607. The van der Waals surface area contributed by atoms with Gasteiger partial charge in [-0.05, 0) is 54.3 Å². The van der Waals surface area contributed by atoms with E-state index in [0.717, 1.165) is 29.6 Å². The Labute approximate surface area is 127 Å². The molecule has 3 rings (SSSR count). The van der Waals surface area contributed by atoms with Gasteiger partial charge in [0, 0.05) is 0 Å². The van der Waals surface area contributed by atoms with Crippen molar-refractivity contribution < 1.29 is 0 Å². The van der Waals surface area contributed by atoms with Gasteiger partial charge in [-0.15, -0.1) is 0 Å². The Bertz CT molecular complexity index is 310. The molecule has 0 aromatic carbocycles. The quantitative estimate of drug-likeness (QED) is 0.544. The summed E-state index contributed by atoms with van der Waals surface area (Å²) in [5, 5.41) is 0. The van der Waals surface area contributed by atoms with E-state index in [9.17, 15) is 0 Å². The molecule has 3 saturated carbocycles. The van der Waals surface area contributed by atoms with E-state index in [1.54, 1.807) is 12.8 Å². The summed E-state index contributed by atoms with van der Waals surface area (Å²) in [6.45, 7) is 7.84. The molecule has 0 heterocycles. The van der Waals surface area contributed by atoms with Crippen LogP contribution in [0.5, 0.6) is 0 Å². The van der Waals surface area contributed by atoms with Crippen molar-refractivity contribution in [2.45, 2.75) is 91.4 Å². The molecule has 0 radical (unpaired) electrons. The van der Waals surface area contributed by atoms with Crippen molar-refractivity contribution in [3.8, 4) is 0 Å². The summed E-state index contributed by atoms with van der Waals surface area (Å²) in [7, 11) is 0.